The summed E-state index contributed by atoms with van der Waals surface area (Å²) in [6.45, 7) is 0.765. The third-order valence-electron chi connectivity index (χ3n) is 3.62. The van der Waals surface area contributed by atoms with Crippen LogP contribution < -0.4 is 10.6 Å². The van der Waals surface area contributed by atoms with Crippen LogP contribution in [-0.4, -0.2) is 33.8 Å². The Bertz CT molecular complexity index is 924. The minimum atomic E-state index is -0.593. The highest BCUT2D eigenvalue weighted by molar-refractivity contribution is 5.91. The molecule has 0 aliphatic rings. The highest BCUT2D eigenvalue weighted by Gasteiger charge is 2.02. The molecule has 0 atom stereocenters. The Kier molecular flexibility index (Phi) is 5.88. The van der Waals surface area contributed by atoms with Gasteiger partial charge in [0.2, 0.25) is 5.91 Å². The fraction of sp³-hybridized carbons (Fsp3) is 0.105. The molecule has 6 nitrogen and oxygen atoms in total. The first kappa shape index (κ1) is 18.2. The lowest BCUT2D eigenvalue weighted by atomic mass is 10.2. The molecule has 0 saturated heterocycles. The van der Waals surface area contributed by atoms with Crippen molar-refractivity contribution in [2.24, 2.45) is 0 Å². The summed E-state index contributed by atoms with van der Waals surface area (Å²) in [4.78, 5) is 11.7. The molecule has 0 bridgehead atoms. The highest BCUT2D eigenvalue weighted by Crippen LogP contribution is 2.11. The molecule has 0 aliphatic heterocycles. The number of benzene rings is 1. The van der Waals surface area contributed by atoms with E-state index >= 15 is 0 Å². The van der Waals surface area contributed by atoms with Gasteiger partial charge in [0.25, 0.3) is 0 Å². The molecule has 0 saturated carbocycles. The molecule has 3 aromatic rings. The van der Waals surface area contributed by atoms with E-state index in [1.807, 2.05) is 35.2 Å². The number of halogens is 2. The number of nitrogens with zero attached hydrogens (tertiary/aromatic N) is 3. The molecule has 1 aromatic carbocycles. The molecule has 0 fully saturated rings. The standard InChI is InChI=1S/C19H17F2N5O/c20-15-4-5-16(21)14(13-15)3-8-19(27)23-10-9-22-17-6-7-18(25-24-17)26-11-1-2-12-26/h1-8,11-13H,9-10H2,(H,22,24)(H,23,27)/b8-3+. The lowest BCUT2D eigenvalue weighted by Crippen LogP contribution is -2.27. The number of aromatic nitrogens is 3. The number of carbonyl (C=O) groups excluding carboxylic acids is 1. The zero-order valence-corrected chi connectivity index (χ0v) is 14.3. The molecule has 2 heterocycles. The van der Waals surface area contributed by atoms with Crippen LogP contribution in [0.25, 0.3) is 11.9 Å². The first-order valence-electron chi connectivity index (χ1n) is 8.24. The predicted octanol–water partition coefficient (Wildman–Crippen LogP) is 2.79. The monoisotopic (exact) mass is 369 g/mol. The second-order valence-corrected chi connectivity index (χ2v) is 5.58. The van der Waals surface area contributed by atoms with E-state index in [0.717, 1.165) is 24.3 Å². The Morgan fingerprint density at radius 2 is 1.89 bits per heavy atom. The Morgan fingerprint density at radius 1 is 1.07 bits per heavy atom. The van der Waals surface area contributed by atoms with E-state index in [0.29, 0.717) is 24.7 Å². The largest absolute Gasteiger partial charge is 0.367 e. The summed E-state index contributed by atoms with van der Waals surface area (Å²) in [5.41, 5.74) is 0.0151. The van der Waals surface area contributed by atoms with Crippen molar-refractivity contribution >= 4 is 17.8 Å². The first-order valence-corrected chi connectivity index (χ1v) is 8.24. The Labute approximate surface area is 154 Å². The summed E-state index contributed by atoms with van der Waals surface area (Å²) in [6, 6.07) is 10.5. The second kappa shape index (κ2) is 8.70. The van der Waals surface area contributed by atoms with Crippen molar-refractivity contribution in [3.8, 4) is 5.82 Å². The van der Waals surface area contributed by atoms with Crippen LogP contribution in [0.3, 0.4) is 0 Å². The maximum atomic E-state index is 13.5. The van der Waals surface area contributed by atoms with Gasteiger partial charge in [-0.2, -0.15) is 0 Å². The van der Waals surface area contributed by atoms with Gasteiger partial charge in [0.05, 0.1) is 0 Å². The lowest BCUT2D eigenvalue weighted by Gasteiger charge is -2.06. The Balaban J connectivity index is 1.42. The molecule has 3 rings (SSSR count). The summed E-state index contributed by atoms with van der Waals surface area (Å²) in [6.07, 6.45) is 6.13. The van der Waals surface area contributed by atoms with Crippen molar-refractivity contribution in [1.29, 1.82) is 0 Å². The van der Waals surface area contributed by atoms with Crippen LogP contribution in [0, 0.1) is 11.6 Å². The van der Waals surface area contributed by atoms with Crippen molar-refractivity contribution < 1.29 is 13.6 Å². The zero-order valence-electron chi connectivity index (χ0n) is 14.3. The van der Waals surface area contributed by atoms with Gasteiger partial charge >= 0.3 is 0 Å². The predicted molar refractivity (Wildman–Crippen MR) is 98.3 cm³/mol. The molecule has 2 aromatic heterocycles. The maximum Gasteiger partial charge on any atom is 0.244 e. The van der Waals surface area contributed by atoms with Crippen molar-refractivity contribution in [3.05, 3.63) is 78.1 Å². The number of rotatable bonds is 7. The van der Waals surface area contributed by atoms with Gasteiger partial charge in [-0.3, -0.25) is 4.79 Å². The average Bonchev–Trinajstić information content (AvgIpc) is 3.21. The molecule has 0 spiro atoms. The topological polar surface area (TPSA) is 71.8 Å². The number of hydrogen-bond acceptors (Lipinski definition) is 4. The number of carbonyl (C=O) groups is 1. The van der Waals surface area contributed by atoms with Crippen molar-refractivity contribution in [2.45, 2.75) is 0 Å². The minimum Gasteiger partial charge on any atom is -0.367 e. The molecular weight excluding hydrogens is 352 g/mol. The second-order valence-electron chi connectivity index (χ2n) is 5.58. The Morgan fingerprint density at radius 3 is 2.63 bits per heavy atom. The van der Waals surface area contributed by atoms with Gasteiger partial charge in [-0.25, -0.2) is 8.78 Å². The highest BCUT2D eigenvalue weighted by atomic mass is 19.1. The van der Waals surface area contributed by atoms with Crippen LogP contribution in [-0.2, 0) is 4.79 Å². The molecule has 1 amide bonds. The van der Waals surface area contributed by atoms with Crippen LogP contribution in [0.1, 0.15) is 5.56 Å². The van der Waals surface area contributed by atoms with Crippen molar-refractivity contribution in [2.75, 3.05) is 18.4 Å². The third-order valence-corrected chi connectivity index (χ3v) is 3.62. The lowest BCUT2D eigenvalue weighted by molar-refractivity contribution is -0.116. The van der Waals surface area contributed by atoms with Gasteiger partial charge in [-0.1, -0.05) is 0 Å². The van der Waals surface area contributed by atoms with Crippen LogP contribution in [0.5, 0.6) is 0 Å². The summed E-state index contributed by atoms with van der Waals surface area (Å²) in [5, 5.41) is 13.8. The van der Waals surface area contributed by atoms with E-state index < -0.39 is 17.5 Å². The van der Waals surface area contributed by atoms with E-state index in [9.17, 15) is 13.6 Å². The quantitative estimate of drug-likeness (QED) is 0.496. The summed E-state index contributed by atoms with van der Waals surface area (Å²) in [5.74, 6) is -0.283. The number of anilines is 1. The molecular formula is C19H17F2N5O. The van der Waals surface area contributed by atoms with E-state index in [2.05, 4.69) is 20.8 Å². The summed E-state index contributed by atoms with van der Waals surface area (Å²) >= 11 is 0. The average molecular weight is 369 g/mol. The van der Waals surface area contributed by atoms with Gasteiger partial charge in [0, 0.05) is 37.1 Å². The van der Waals surface area contributed by atoms with Crippen LogP contribution in [0.2, 0.25) is 0 Å². The zero-order chi connectivity index (χ0) is 19.1. The molecule has 2 N–H and O–H groups in total. The van der Waals surface area contributed by atoms with Gasteiger partial charge in [0.1, 0.15) is 17.5 Å². The van der Waals surface area contributed by atoms with E-state index in [-0.39, 0.29) is 5.56 Å². The number of hydrogen-bond donors (Lipinski definition) is 2. The van der Waals surface area contributed by atoms with E-state index in [1.54, 1.807) is 6.07 Å². The fourth-order valence-corrected chi connectivity index (χ4v) is 2.29. The van der Waals surface area contributed by atoms with Crippen LogP contribution >= 0.6 is 0 Å². The van der Waals surface area contributed by atoms with E-state index in [1.165, 1.54) is 6.08 Å². The van der Waals surface area contributed by atoms with Crippen molar-refractivity contribution in [3.63, 3.8) is 0 Å². The smallest absolute Gasteiger partial charge is 0.244 e. The molecule has 0 radical (unpaired) electrons. The van der Waals surface area contributed by atoms with E-state index in [4.69, 9.17) is 0 Å². The molecule has 138 valence electrons. The van der Waals surface area contributed by atoms with Gasteiger partial charge < -0.3 is 15.2 Å². The van der Waals surface area contributed by atoms with Gasteiger partial charge in [-0.15, -0.1) is 10.2 Å². The van der Waals surface area contributed by atoms with Gasteiger partial charge in [-0.05, 0) is 48.5 Å². The Hall–Kier alpha value is -3.55. The van der Waals surface area contributed by atoms with Crippen LogP contribution in [0.15, 0.2) is 60.9 Å². The summed E-state index contributed by atoms with van der Waals surface area (Å²) < 4.78 is 28.4. The maximum absolute atomic E-state index is 13.5. The summed E-state index contributed by atoms with van der Waals surface area (Å²) in [7, 11) is 0. The third kappa shape index (κ3) is 5.21. The van der Waals surface area contributed by atoms with Gasteiger partial charge in [0.15, 0.2) is 5.82 Å². The first-order chi connectivity index (χ1) is 13.1. The number of amides is 1. The fourth-order valence-electron chi connectivity index (χ4n) is 2.29. The number of nitrogens with one attached hydrogen (secondary N) is 2. The SMILES string of the molecule is O=C(/C=C/c1cc(F)ccc1F)NCCNc1ccc(-n2cccc2)nn1. The molecule has 0 aliphatic carbocycles. The molecule has 8 heteroatoms. The van der Waals surface area contributed by atoms with Crippen LogP contribution in [0.4, 0.5) is 14.6 Å². The minimum absolute atomic E-state index is 0.0151. The molecule has 0 unspecified atom stereocenters. The normalized spacial score (nSPS) is 10.9. The molecule has 27 heavy (non-hydrogen) atoms. The van der Waals surface area contributed by atoms with Crippen molar-refractivity contribution in [1.82, 2.24) is 20.1 Å².